The molecule has 0 saturated heterocycles. The summed E-state index contributed by atoms with van der Waals surface area (Å²) in [4.78, 5) is 0.846. The van der Waals surface area contributed by atoms with Gasteiger partial charge in [-0.1, -0.05) is 35.9 Å². The maximum Gasteiger partial charge on any atom is 0.113 e. The van der Waals surface area contributed by atoms with Crippen molar-refractivity contribution in [1.82, 2.24) is 0 Å². The Labute approximate surface area is 103 Å². The number of aliphatic hydroxyl groups excluding tert-OH is 1. The minimum absolute atomic E-state index is 0.478. The van der Waals surface area contributed by atoms with E-state index in [4.69, 9.17) is 17.3 Å². The lowest BCUT2D eigenvalue weighted by Crippen LogP contribution is -2.01. The molecule has 0 bridgehead atoms. The number of hydrogen-bond acceptors (Lipinski definition) is 3. The first-order chi connectivity index (χ1) is 7.70. The molecule has 2 aromatic rings. The zero-order chi connectivity index (χ0) is 11.5. The molecule has 2 rings (SSSR count). The van der Waals surface area contributed by atoms with Crippen molar-refractivity contribution >= 4 is 22.9 Å². The van der Waals surface area contributed by atoms with E-state index in [0.717, 1.165) is 16.0 Å². The lowest BCUT2D eigenvalue weighted by molar-refractivity contribution is 0.224. The normalized spacial score (nSPS) is 12.7. The molecule has 1 atom stereocenters. The first-order valence-corrected chi connectivity index (χ1v) is 6.12. The zero-order valence-electron chi connectivity index (χ0n) is 8.56. The molecule has 0 fully saturated rings. The van der Waals surface area contributed by atoms with E-state index in [1.165, 1.54) is 11.3 Å². The van der Waals surface area contributed by atoms with E-state index in [1.54, 1.807) is 6.07 Å². The van der Waals surface area contributed by atoms with E-state index in [1.807, 2.05) is 30.3 Å². The Kier molecular flexibility index (Phi) is 3.61. The quantitative estimate of drug-likeness (QED) is 0.884. The Hall–Kier alpha value is -0.870. The second kappa shape index (κ2) is 4.97. The van der Waals surface area contributed by atoms with Gasteiger partial charge >= 0.3 is 0 Å². The van der Waals surface area contributed by atoms with Crippen molar-refractivity contribution in [3.63, 3.8) is 0 Å². The number of benzene rings is 1. The fourth-order valence-electron chi connectivity index (χ4n) is 1.53. The van der Waals surface area contributed by atoms with Gasteiger partial charge in [0, 0.05) is 11.4 Å². The SMILES string of the molecule is NCc1cccc(C(O)c2ccc(Cl)s2)c1. The third-order valence-electron chi connectivity index (χ3n) is 2.37. The van der Waals surface area contributed by atoms with Crippen molar-refractivity contribution in [3.05, 3.63) is 56.7 Å². The molecule has 0 radical (unpaired) electrons. The van der Waals surface area contributed by atoms with Crippen LogP contribution in [0, 0.1) is 0 Å². The minimum Gasteiger partial charge on any atom is -0.383 e. The number of halogens is 1. The van der Waals surface area contributed by atoms with E-state index >= 15 is 0 Å². The van der Waals surface area contributed by atoms with Gasteiger partial charge in [0.25, 0.3) is 0 Å². The summed E-state index contributed by atoms with van der Waals surface area (Å²) < 4.78 is 0.684. The largest absolute Gasteiger partial charge is 0.383 e. The first-order valence-electron chi connectivity index (χ1n) is 4.93. The smallest absolute Gasteiger partial charge is 0.113 e. The topological polar surface area (TPSA) is 46.2 Å². The Morgan fingerprint density at radius 1 is 1.31 bits per heavy atom. The van der Waals surface area contributed by atoms with Crippen LogP contribution in [0.2, 0.25) is 4.34 Å². The second-order valence-corrected chi connectivity index (χ2v) is 5.24. The molecule has 0 saturated carbocycles. The highest BCUT2D eigenvalue weighted by Crippen LogP contribution is 2.31. The monoisotopic (exact) mass is 253 g/mol. The van der Waals surface area contributed by atoms with Crippen LogP contribution < -0.4 is 5.73 Å². The molecular weight excluding hydrogens is 242 g/mol. The summed E-state index contributed by atoms with van der Waals surface area (Å²) in [5, 5.41) is 10.1. The molecule has 0 aliphatic carbocycles. The van der Waals surface area contributed by atoms with Crippen LogP contribution in [-0.2, 0) is 6.54 Å². The van der Waals surface area contributed by atoms with Gasteiger partial charge in [-0.25, -0.2) is 0 Å². The molecule has 1 aromatic heterocycles. The van der Waals surface area contributed by atoms with Gasteiger partial charge in [-0.05, 0) is 23.3 Å². The number of thiophene rings is 1. The molecule has 3 N–H and O–H groups in total. The van der Waals surface area contributed by atoms with Crippen LogP contribution in [0.3, 0.4) is 0 Å². The van der Waals surface area contributed by atoms with Crippen molar-refractivity contribution in [2.24, 2.45) is 5.73 Å². The third-order valence-corrected chi connectivity index (χ3v) is 3.65. The van der Waals surface area contributed by atoms with Gasteiger partial charge in [-0.2, -0.15) is 0 Å². The number of hydrogen-bond donors (Lipinski definition) is 2. The standard InChI is InChI=1S/C12H12ClNOS/c13-11-5-4-10(16-11)12(15)9-3-1-2-8(6-9)7-14/h1-6,12,15H,7,14H2. The van der Waals surface area contributed by atoms with E-state index < -0.39 is 6.10 Å². The predicted octanol–water partition coefficient (Wildman–Crippen LogP) is 2.94. The second-order valence-electron chi connectivity index (χ2n) is 3.49. The number of nitrogens with two attached hydrogens (primary N) is 1. The molecule has 2 nitrogen and oxygen atoms in total. The lowest BCUT2D eigenvalue weighted by atomic mass is 10.1. The van der Waals surface area contributed by atoms with Crippen molar-refractivity contribution in [1.29, 1.82) is 0 Å². The highest BCUT2D eigenvalue weighted by Gasteiger charge is 2.12. The molecule has 1 heterocycles. The van der Waals surface area contributed by atoms with Gasteiger partial charge in [0.1, 0.15) is 6.10 Å². The van der Waals surface area contributed by atoms with E-state index in [9.17, 15) is 5.11 Å². The molecule has 1 aromatic carbocycles. The van der Waals surface area contributed by atoms with Crippen LogP contribution in [0.25, 0.3) is 0 Å². The number of rotatable bonds is 3. The van der Waals surface area contributed by atoms with Gasteiger partial charge in [0.05, 0.1) is 4.34 Å². The van der Waals surface area contributed by atoms with Gasteiger partial charge in [0.15, 0.2) is 0 Å². The maximum absolute atomic E-state index is 10.1. The van der Waals surface area contributed by atoms with Crippen LogP contribution in [0.15, 0.2) is 36.4 Å². The van der Waals surface area contributed by atoms with Crippen molar-refractivity contribution in [2.75, 3.05) is 0 Å². The summed E-state index contributed by atoms with van der Waals surface area (Å²) in [6.45, 7) is 0.478. The van der Waals surface area contributed by atoms with E-state index in [2.05, 4.69) is 0 Å². The predicted molar refractivity (Wildman–Crippen MR) is 67.7 cm³/mol. The Bertz CT molecular complexity index is 483. The van der Waals surface area contributed by atoms with Crippen LogP contribution in [0.4, 0.5) is 0 Å². The van der Waals surface area contributed by atoms with Crippen LogP contribution in [-0.4, -0.2) is 5.11 Å². The molecule has 84 valence electrons. The molecule has 1 unspecified atom stereocenters. The Morgan fingerprint density at radius 2 is 2.12 bits per heavy atom. The summed E-state index contributed by atoms with van der Waals surface area (Å²) in [7, 11) is 0. The summed E-state index contributed by atoms with van der Waals surface area (Å²) in [6, 6.07) is 11.3. The minimum atomic E-state index is -0.621. The van der Waals surface area contributed by atoms with Gasteiger partial charge in [-0.3, -0.25) is 0 Å². The first kappa shape index (κ1) is 11.6. The molecule has 0 amide bonds. The summed E-state index contributed by atoms with van der Waals surface area (Å²) in [5.74, 6) is 0. The van der Waals surface area contributed by atoms with Crippen molar-refractivity contribution in [3.8, 4) is 0 Å². The highest BCUT2D eigenvalue weighted by atomic mass is 35.5. The summed E-state index contributed by atoms with van der Waals surface area (Å²) in [5.41, 5.74) is 7.42. The Morgan fingerprint density at radius 3 is 2.75 bits per heavy atom. The third kappa shape index (κ3) is 2.44. The van der Waals surface area contributed by atoms with Gasteiger partial charge in [-0.15, -0.1) is 11.3 Å². The highest BCUT2D eigenvalue weighted by molar-refractivity contribution is 7.16. The molecule has 4 heteroatoms. The fourth-order valence-corrected chi connectivity index (χ4v) is 2.60. The molecule has 0 aliphatic heterocycles. The average molecular weight is 254 g/mol. The van der Waals surface area contributed by atoms with Crippen LogP contribution >= 0.6 is 22.9 Å². The molecule has 0 spiro atoms. The fraction of sp³-hybridized carbons (Fsp3) is 0.167. The Balaban J connectivity index is 2.29. The summed E-state index contributed by atoms with van der Waals surface area (Å²) in [6.07, 6.45) is -0.621. The average Bonchev–Trinajstić information content (AvgIpc) is 2.75. The molecule has 16 heavy (non-hydrogen) atoms. The van der Waals surface area contributed by atoms with E-state index in [-0.39, 0.29) is 0 Å². The van der Waals surface area contributed by atoms with Gasteiger partial charge in [0.2, 0.25) is 0 Å². The molecular formula is C12H12ClNOS. The van der Waals surface area contributed by atoms with Gasteiger partial charge < -0.3 is 10.8 Å². The van der Waals surface area contributed by atoms with E-state index in [0.29, 0.717) is 10.9 Å². The van der Waals surface area contributed by atoms with Crippen molar-refractivity contribution in [2.45, 2.75) is 12.6 Å². The lowest BCUT2D eigenvalue weighted by Gasteiger charge is -2.09. The molecule has 0 aliphatic rings. The summed E-state index contributed by atoms with van der Waals surface area (Å²) >= 11 is 7.23. The van der Waals surface area contributed by atoms with Crippen LogP contribution in [0.1, 0.15) is 22.1 Å². The van der Waals surface area contributed by atoms with Crippen molar-refractivity contribution < 1.29 is 5.11 Å². The zero-order valence-corrected chi connectivity index (χ0v) is 10.1. The maximum atomic E-state index is 10.1. The van der Waals surface area contributed by atoms with Crippen LogP contribution in [0.5, 0.6) is 0 Å². The number of aliphatic hydroxyl groups is 1.